The fourth-order valence-electron chi connectivity index (χ4n) is 3.89. The Morgan fingerprint density at radius 3 is 2.90 bits per heavy atom. The summed E-state index contributed by atoms with van der Waals surface area (Å²) >= 11 is 3.44. The predicted octanol–water partition coefficient (Wildman–Crippen LogP) is 3.49. The minimum atomic E-state index is -3.48. The Bertz CT molecular complexity index is 1150. The van der Waals surface area contributed by atoms with E-state index in [1.54, 1.807) is 41.6 Å². The number of sulfonamides is 1. The lowest BCUT2D eigenvalue weighted by molar-refractivity contribution is 0.0730. The Hall–Kier alpha value is -1.52. The smallest absolute Gasteiger partial charge is 0.243 e. The second-order valence-electron chi connectivity index (χ2n) is 7.17. The molecular formula is C20H21N3O3S3. The summed E-state index contributed by atoms with van der Waals surface area (Å²) in [6, 6.07) is 7.25. The third-order valence-electron chi connectivity index (χ3n) is 5.35. The van der Waals surface area contributed by atoms with E-state index in [9.17, 15) is 8.42 Å². The van der Waals surface area contributed by atoms with E-state index in [2.05, 4.69) is 9.97 Å². The molecule has 1 aliphatic heterocycles. The van der Waals surface area contributed by atoms with Crippen LogP contribution >= 0.6 is 23.1 Å². The van der Waals surface area contributed by atoms with E-state index in [-0.39, 0.29) is 0 Å². The van der Waals surface area contributed by atoms with Crippen LogP contribution in [0.5, 0.6) is 0 Å². The van der Waals surface area contributed by atoms with Gasteiger partial charge in [0.05, 0.1) is 18.1 Å². The molecule has 6 nitrogen and oxygen atoms in total. The molecule has 0 bridgehead atoms. The number of thiophene rings is 1. The number of aromatic nitrogens is 2. The summed E-state index contributed by atoms with van der Waals surface area (Å²) in [6.45, 7) is 1.71. The van der Waals surface area contributed by atoms with Gasteiger partial charge in [-0.15, -0.1) is 23.1 Å². The minimum absolute atomic E-state index is 0.349. The molecule has 0 atom stereocenters. The summed E-state index contributed by atoms with van der Waals surface area (Å²) in [6.07, 6.45) is 5.08. The number of hydrogen-bond donors (Lipinski definition) is 0. The Morgan fingerprint density at radius 2 is 2.03 bits per heavy atom. The summed E-state index contributed by atoms with van der Waals surface area (Å²) in [4.78, 5) is 11.9. The van der Waals surface area contributed by atoms with Crippen molar-refractivity contribution >= 4 is 43.3 Å². The van der Waals surface area contributed by atoms with Crippen molar-refractivity contribution in [3.63, 3.8) is 0 Å². The normalized spacial score (nSPS) is 17.7. The summed E-state index contributed by atoms with van der Waals surface area (Å²) < 4.78 is 32.6. The lowest BCUT2D eigenvalue weighted by Crippen LogP contribution is -2.40. The lowest BCUT2D eigenvalue weighted by Gasteiger charge is -2.26. The van der Waals surface area contributed by atoms with E-state index >= 15 is 0 Å². The maximum absolute atomic E-state index is 12.9. The quantitative estimate of drug-likeness (QED) is 0.440. The lowest BCUT2D eigenvalue weighted by atomic mass is 10.2. The van der Waals surface area contributed by atoms with Crippen LogP contribution in [-0.2, 0) is 33.4 Å². The molecule has 1 aliphatic carbocycles. The van der Waals surface area contributed by atoms with Crippen molar-refractivity contribution in [3.05, 3.63) is 46.6 Å². The molecule has 0 unspecified atom stereocenters. The molecule has 0 amide bonds. The average molecular weight is 448 g/mol. The van der Waals surface area contributed by atoms with Crippen molar-refractivity contribution in [2.24, 2.45) is 0 Å². The highest BCUT2D eigenvalue weighted by atomic mass is 32.2. The zero-order valence-electron chi connectivity index (χ0n) is 15.8. The Balaban J connectivity index is 1.39. The van der Waals surface area contributed by atoms with E-state index in [0.29, 0.717) is 37.0 Å². The molecule has 1 aromatic carbocycles. The first-order valence-electron chi connectivity index (χ1n) is 9.68. The van der Waals surface area contributed by atoms with Gasteiger partial charge in [-0.1, -0.05) is 12.1 Å². The molecule has 152 valence electrons. The molecular weight excluding hydrogens is 426 g/mol. The fourth-order valence-corrected chi connectivity index (χ4v) is 7.63. The first kappa shape index (κ1) is 19.4. The van der Waals surface area contributed by atoms with E-state index in [1.807, 2.05) is 12.1 Å². The van der Waals surface area contributed by atoms with Crippen molar-refractivity contribution in [1.82, 2.24) is 14.3 Å². The topological polar surface area (TPSA) is 72.4 Å². The molecule has 3 aromatic rings. The molecule has 1 saturated heterocycles. The van der Waals surface area contributed by atoms with Gasteiger partial charge < -0.3 is 4.74 Å². The van der Waals surface area contributed by atoms with Crippen molar-refractivity contribution in [2.45, 2.75) is 34.9 Å². The van der Waals surface area contributed by atoms with Gasteiger partial charge in [0, 0.05) is 29.1 Å². The summed E-state index contributed by atoms with van der Waals surface area (Å²) in [5, 5.41) is 2.20. The highest BCUT2D eigenvalue weighted by molar-refractivity contribution is 7.98. The van der Waals surface area contributed by atoms with Crippen LogP contribution in [0.1, 0.15) is 22.4 Å². The molecule has 29 heavy (non-hydrogen) atoms. The van der Waals surface area contributed by atoms with Crippen molar-refractivity contribution in [2.75, 3.05) is 26.3 Å². The van der Waals surface area contributed by atoms with Crippen LogP contribution in [0.4, 0.5) is 0 Å². The number of thioether (sulfide) groups is 1. The van der Waals surface area contributed by atoms with Gasteiger partial charge in [-0.25, -0.2) is 18.4 Å². The number of hydrogen-bond acceptors (Lipinski definition) is 7. The highest BCUT2D eigenvalue weighted by Crippen LogP contribution is 2.40. The van der Waals surface area contributed by atoms with Crippen molar-refractivity contribution in [3.8, 4) is 0 Å². The zero-order valence-corrected chi connectivity index (χ0v) is 18.3. The standard InChI is InChI=1S/C20H21N3O3S3/c24-29(25,23-7-9-26-10-8-23)15-4-1-3-14(11-15)12-27-19-18-16-5-2-6-17(16)28-20(18)22-13-21-19/h1,3-4,11,13H,2,5-10,12H2. The van der Waals surface area contributed by atoms with Crippen molar-refractivity contribution in [1.29, 1.82) is 0 Å². The minimum Gasteiger partial charge on any atom is -0.379 e. The van der Waals surface area contributed by atoms with Crippen molar-refractivity contribution < 1.29 is 13.2 Å². The van der Waals surface area contributed by atoms with Gasteiger partial charge in [-0.05, 0) is 42.5 Å². The van der Waals surface area contributed by atoms with Gasteiger partial charge >= 0.3 is 0 Å². The summed E-state index contributed by atoms with van der Waals surface area (Å²) in [5.74, 6) is 0.670. The monoisotopic (exact) mass is 447 g/mol. The fraction of sp³-hybridized carbons (Fsp3) is 0.400. The van der Waals surface area contributed by atoms with E-state index in [0.717, 1.165) is 28.3 Å². The number of ether oxygens (including phenoxy) is 1. The number of aryl methyl sites for hydroxylation is 2. The van der Waals surface area contributed by atoms with Gasteiger partial charge in [0.1, 0.15) is 16.2 Å². The molecule has 2 aromatic heterocycles. The zero-order chi connectivity index (χ0) is 19.8. The van der Waals surface area contributed by atoms with E-state index in [4.69, 9.17) is 4.74 Å². The van der Waals surface area contributed by atoms with Crippen LogP contribution in [0.2, 0.25) is 0 Å². The maximum atomic E-state index is 12.9. The van der Waals surface area contributed by atoms with Gasteiger partial charge in [-0.2, -0.15) is 4.31 Å². The Morgan fingerprint density at radius 1 is 1.17 bits per heavy atom. The number of rotatable bonds is 5. The summed E-state index contributed by atoms with van der Waals surface area (Å²) in [7, 11) is -3.48. The maximum Gasteiger partial charge on any atom is 0.243 e. The molecule has 2 aliphatic rings. The average Bonchev–Trinajstić information content (AvgIpc) is 3.34. The van der Waals surface area contributed by atoms with E-state index < -0.39 is 10.0 Å². The SMILES string of the molecule is O=S(=O)(c1cccc(CSc2ncnc3sc4c(c23)CCC4)c1)N1CCOCC1. The van der Waals surface area contributed by atoms with Gasteiger partial charge in [0.25, 0.3) is 0 Å². The molecule has 0 spiro atoms. The van der Waals surface area contributed by atoms with Crippen LogP contribution < -0.4 is 0 Å². The van der Waals surface area contributed by atoms with Gasteiger partial charge in [0.2, 0.25) is 10.0 Å². The third kappa shape index (κ3) is 3.70. The molecule has 9 heteroatoms. The molecule has 5 rings (SSSR count). The van der Waals surface area contributed by atoms with Gasteiger partial charge in [0.15, 0.2) is 0 Å². The van der Waals surface area contributed by atoms with Gasteiger partial charge in [-0.3, -0.25) is 0 Å². The van der Waals surface area contributed by atoms with Crippen LogP contribution in [0.25, 0.3) is 10.2 Å². The number of benzene rings is 1. The number of morpholine rings is 1. The third-order valence-corrected chi connectivity index (χ3v) is 9.50. The summed E-state index contributed by atoms with van der Waals surface area (Å²) in [5.41, 5.74) is 2.39. The Kier molecular flexibility index (Phi) is 5.34. The van der Waals surface area contributed by atoms with Crippen LogP contribution in [0.15, 0.2) is 40.5 Å². The largest absolute Gasteiger partial charge is 0.379 e. The number of nitrogens with zero attached hydrogens (tertiary/aromatic N) is 3. The molecule has 0 radical (unpaired) electrons. The number of fused-ring (bicyclic) bond motifs is 3. The van der Waals surface area contributed by atoms with Crippen LogP contribution in [0, 0.1) is 0 Å². The molecule has 1 fully saturated rings. The van der Waals surface area contributed by atoms with Crippen LogP contribution in [0.3, 0.4) is 0 Å². The molecule has 0 N–H and O–H groups in total. The molecule has 0 saturated carbocycles. The van der Waals surface area contributed by atoms with E-state index in [1.165, 1.54) is 26.6 Å². The highest BCUT2D eigenvalue weighted by Gasteiger charge is 2.26. The second-order valence-corrected chi connectivity index (χ2v) is 11.2. The molecule has 3 heterocycles. The first-order valence-corrected chi connectivity index (χ1v) is 12.9. The first-order chi connectivity index (χ1) is 14.1. The second kappa shape index (κ2) is 7.96. The predicted molar refractivity (Wildman–Crippen MR) is 115 cm³/mol. The van der Waals surface area contributed by atoms with Crippen LogP contribution in [-0.4, -0.2) is 49.0 Å². The Labute approximate surface area is 178 Å².